The fourth-order valence-corrected chi connectivity index (χ4v) is 2.68. The highest BCUT2D eigenvalue weighted by atomic mass is 79.9. The maximum absolute atomic E-state index is 12.3. The van der Waals surface area contributed by atoms with Gasteiger partial charge in [-0.3, -0.25) is 4.79 Å². The normalized spacial score (nSPS) is 17.2. The molecule has 0 saturated carbocycles. The molecule has 1 amide bonds. The van der Waals surface area contributed by atoms with Crippen LogP contribution in [0.25, 0.3) is 0 Å². The second-order valence-electron chi connectivity index (χ2n) is 4.88. The van der Waals surface area contributed by atoms with Crippen molar-refractivity contribution in [3.05, 3.63) is 40.4 Å². The van der Waals surface area contributed by atoms with E-state index in [4.69, 9.17) is 0 Å². The molecule has 1 aromatic carbocycles. The number of amides is 1. The van der Waals surface area contributed by atoms with E-state index in [0.717, 1.165) is 17.3 Å². The first-order valence-electron chi connectivity index (χ1n) is 6.71. The molecule has 0 aliphatic heterocycles. The first-order valence-corrected chi connectivity index (χ1v) is 7.50. The molecule has 0 saturated heterocycles. The Balaban J connectivity index is 1.93. The van der Waals surface area contributed by atoms with Crippen LogP contribution in [0.15, 0.2) is 34.8 Å². The first-order chi connectivity index (χ1) is 10.0. The van der Waals surface area contributed by atoms with Gasteiger partial charge in [0.2, 0.25) is 5.91 Å². The number of alkyl halides is 2. The zero-order valence-corrected chi connectivity index (χ0v) is 12.9. The molecule has 1 aliphatic carbocycles. The van der Waals surface area contributed by atoms with Gasteiger partial charge in [0.05, 0.1) is 0 Å². The lowest BCUT2D eigenvalue weighted by molar-refractivity contribution is -0.121. The molecule has 114 valence electrons. The van der Waals surface area contributed by atoms with Gasteiger partial charge >= 0.3 is 6.61 Å². The van der Waals surface area contributed by atoms with Gasteiger partial charge in [-0.1, -0.05) is 28.1 Å². The molecule has 0 spiro atoms. The lowest BCUT2D eigenvalue weighted by Gasteiger charge is -2.13. The van der Waals surface area contributed by atoms with Gasteiger partial charge in [0.25, 0.3) is 0 Å². The van der Waals surface area contributed by atoms with E-state index in [1.54, 1.807) is 12.1 Å². The molecular formula is C15H16BrF2NO2. The molecule has 0 aromatic heterocycles. The summed E-state index contributed by atoms with van der Waals surface area (Å²) in [5.41, 5.74) is 0.514. The van der Waals surface area contributed by atoms with Crippen molar-refractivity contribution in [3.8, 4) is 5.75 Å². The van der Waals surface area contributed by atoms with Crippen molar-refractivity contribution < 1.29 is 18.3 Å². The highest BCUT2D eigenvalue weighted by Crippen LogP contribution is 2.25. The number of ether oxygens (including phenoxy) is 1. The standard InChI is InChI=1S/C15H16BrF2NO2/c16-12-5-6-13(21-15(17)18)11(8-12)9-19-14(20)7-10-3-1-2-4-10/h1,3,5-6,8,10,15H,2,4,7,9H2,(H,19,20). The van der Waals surface area contributed by atoms with Crippen molar-refractivity contribution in [2.45, 2.75) is 32.4 Å². The largest absolute Gasteiger partial charge is 0.434 e. The SMILES string of the molecule is O=C(CC1C=CCC1)NCc1cc(Br)ccc1OC(F)F. The van der Waals surface area contributed by atoms with E-state index in [1.165, 1.54) is 6.07 Å². The summed E-state index contributed by atoms with van der Waals surface area (Å²) in [6.45, 7) is -2.72. The Bertz CT molecular complexity index is 534. The van der Waals surface area contributed by atoms with Crippen molar-refractivity contribution in [2.24, 2.45) is 5.92 Å². The van der Waals surface area contributed by atoms with Gasteiger partial charge in [0, 0.05) is 23.0 Å². The lowest BCUT2D eigenvalue weighted by atomic mass is 10.0. The Hall–Kier alpha value is -1.43. The van der Waals surface area contributed by atoms with Gasteiger partial charge in [0.1, 0.15) is 5.75 Å². The quantitative estimate of drug-likeness (QED) is 0.779. The highest BCUT2D eigenvalue weighted by molar-refractivity contribution is 9.10. The summed E-state index contributed by atoms with van der Waals surface area (Å²) >= 11 is 3.28. The molecule has 1 N–H and O–H groups in total. The summed E-state index contributed by atoms with van der Waals surface area (Å²) in [5.74, 6) is 0.271. The molecule has 2 rings (SSSR count). The number of rotatable bonds is 6. The molecule has 0 heterocycles. The average molecular weight is 360 g/mol. The molecular weight excluding hydrogens is 344 g/mol. The molecule has 0 fully saturated rings. The summed E-state index contributed by atoms with van der Waals surface area (Å²) < 4.78 is 29.9. The summed E-state index contributed by atoms with van der Waals surface area (Å²) in [4.78, 5) is 11.8. The molecule has 3 nitrogen and oxygen atoms in total. The maximum Gasteiger partial charge on any atom is 0.387 e. The Morgan fingerprint density at radius 3 is 2.95 bits per heavy atom. The Morgan fingerprint density at radius 2 is 2.29 bits per heavy atom. The van der Waals surface area contributed by atoms with Crippen LogP contribution >= 0.6 is 15.9 Å². The predicted molar refractivity (Wildman–Crippen MR) is 79.1 cm³/mol. The first kappa shape index (κ1) is 15.9. The fourth-order valence-electron chi connectivity index (χ4n) is 2.27. The molecule has 21 heavy (non-hydrogen) atoms. The second kappa shape index (κ2) is 7.54. The minimum Gasteiger partial charge on any atom is -0.434 e. The van der Waals surface area contributed by atoms with Crippen molar-refractivity contribution in [1.82, 2.24) is 5.32 Å². The number of hydrogen-bond donors (Lipinski definition) is 1. The highest BCUT2D eigenvalue weighted by Gasteiger charge is 2.15. The Kier molecular flexibility index (Phi) is 5.73. The maximum atomic E-state index is 12.3. The van der Waals surface area contributed by atoms with E-state index >= 15 is 0 Å². The zero-order valence-electron chi connectivity index (χ0n) is 11.3. The summed E-state index contributed by atoms with van der Waals surface area (Å²) in [7, 11) is 0. The Labute approximate surface area is 130 Å². The minimum atomic E-state index is -2.88. The van der Waals surface area contributed by atoms with Crippen LogP contribution in [-0.4, -0.2) is 12.5 Å². The van der Waals surface area contributed by atoms with E-state index in [-0.39, 0.29) is 24.1 Å². The van der Waals surface area contributed by atoms with Gasteiger partial charge in [-0.15, -0.1) is 0 Å². The summed E-state index contributed by atoms with van der Waals surface area (Å²) in [6, 6.07) is 4.73. The number of benzene rings is 1. The molecule has 0 radical (unpaired) electrons. The van der Waals surface area contributed by atoms with Crippen LogP contribution in [0, 0.1) is 5.92 Å². The third-order valence-electron chi connectivity index (χ3n) is 3.27. The van der Waals surface area contributed by atoms with E-state index in [2.05, 4.69) is 32.1 Å². The minimum absolute atomic E-state index is 0.0780. The fraction of sp³-hybridized carbons (Fsp3) is 0.400. The van der Waals surface area contributed by atoms with Crippen molar-refractivity contribution >= 4 is 21.8 Å². The van der Waals surface area contributed by atoms with Crippen molar-refractivity contribution in [1.29, 1.82) is 0 Å². The van der Waals surface area contributed by atoms with E-state index in [0.29, 0.717) is 12.0 Å². The van der Waals surface area contributed by atoms with E-state index in [9.17, 15) is 13.6 Å². The van der Waals surface area contributed by atoms with Gasteiger partial charge in [-0.2, -0.15) is 8.78 Å². The monoisotopic (exact) mass is 359 g/mol. The van der Waals surface area contributed by atoms with E-state index < -0.39 is 6.61 Å². The van der Waals surface area contributed by atoms with Crippen LogP contribution in [0.3, 0.4) is 0 Å². The van der Waals surface area contributed by atoms with Gasteiger partial charge in [-0.25, -0.2) is 0 Å². The summed E-state index contributed by atoms with van der Waals surface area (Å²) in [5, 5.41) is 2.75. The number of allylic oxidation sites excluding steroid dienone is 2. The second-order valence-corrected chi connectivity index (χ2v) is 5.79. The molecule has 6 heteroatoms. The molecule has 1 aromatic rings. The van der Waals surface area contributed by atoms with Crippen LogP contribution in [0.4, 0.5) is 8.78 Å². The van der Waals surface area contributed by atoms with Gasteiger partial charge in [0.15, 0.2) is 0 Å². The topological polar surface area (TPSA) is 38.3 Å². The molecule has 0 bridgehead atoms. The van der Waals surface area contributed by atoms with Crippen LogP contribution in [0.1, 0.15) is 24.8 Å². The molecule has 1 unspecified atom stereocenters. The van der Waals surface area contributed by atoms with Crippen LogP contribution in [0.5, 0.6) is 5.75 Å². The van der Waals surface area contributed by atoms with Crippen molar-refractivity contribution in [2.75, 3.05) is 0 Å². The van der Waals surface area contributed by atoms with Crippen molar-refractivity contribution in [3.63, 3.8) is 0 Å². The Morgan fingerprint density at radius 1 is 1.48 bits per heavy atom. The number of carbonyl (C=O) groups is 1. The molecule has 1 aliphatic rings. The predicted octanol–water partition coefficient (Wildman–Crippen LogP) is 4.02. The number of halogens is 3. The smallest absolute Gasteiger partial charge is 0.387 e. The average Bonchev–Trinajstić information content (AvgIpc) is 2.91. The lowest BCUT2D eigenvalue weighted by Crippen LogP contribution is -2.24. The third-order valence-corrected chi connectivity index (χ3v) is 3.77. The zero-order chi connectivity index (χ0) is 15.2. The number of hydrogen-bond acceptors (Lipinski definition) is 2. The summed E-state index contributed by atoms with van der Waals surface area (Å²) in [6.07, 6.45) is 6.54. The van der Waals surface area contributed by atoms with Crippen LogP contribution in [0.2, 0.25) is 0 Å². The van der Waals surface area contributed by atoms with Gasteiger partial charge < -0.3 is 10.1 Å². The third kappa shape index (κ3) is 5.12. The van der Waals surface area contributed by atoms with Crippen LogP contribution < -0.4 is 10.1 Å². The number of nitrogens with one attached hydrogen (secondary N) is 1. The molecule has 1 atom stereocenters. The number of carbonyl (C=O) groups excluding carboxylic acids is 1. The van der Waals surface area contributed by atoms with Crippen LogP contribution in [-0.2, 0) is 11.3 Å². The van der Waals surface area contributed by atoms with Gasteiger partial charge in [-0.05, 0) is 37.0 Å². The van der Waals surface area contributed by atoms with E-state index in [1.807, 2.05) is 6.08 Å².